The second-order valence-corrected chi connectivity index (χ2v) is 6.73. The maximum absolute atomic E-state index is 6.19. The van der Waals surface area contributed by atoms with Crippen LogP contribution in [0.4, 0.5) is 5.69 Å². The van der Waals surface area contributed by atoms with Gasteiger partial charge in [0.2, 0.25) is 0 Å². The van der Waals surface area contributed by atoms with Crippen molar-refractivity contribution in [2.45, 2.75) is 39.2 Å². The number of halogens is 3. The van der Waals surface area contributed by atoms with Gasteiger partial charge in [-0.2, -0.15) is 0 Å². The average Bonchev–Trinajstić information content (AvgIpc) is 2.24. The van der Waals surface area contributed by atoms with Gasteiger partial charge in [-0.3, -0.25) is 0 Å². The maximum Gasteiger partial charge on any atom is 0.0653 e. The lowest BCUT2D eigenvalue weighted by atomic mass is 9.80. The molecule has 0 aromatic heterocycles. The van der Waals surface area contributed by atoms with Crippen molar-refractivity contribution in [1.29, 1.82) is 0 Å². The summed E-state index contributed by atoms with van der Waals surface area (Å²) in [7, 11) is 0. The van der Waals surface area contributed by atoms with Crippen molar-refractivity contribution in [1.82, 2.24) is 0 Å². The third-order valence-electron chi connectivity index (χ3n) is 3.55. The highest BCUT2D eigenvalue weighted by molar-refractivity contribution is 6.44. The molecule has 0 bridgehead atoms. The topological polar surface area (TPSA) is 12.0 Å². The Bertz CT molecular complexity index is 423. The van der Waals surface area contributed by atoms with Crippen LogP contribution in [0, 0.1) is 11.8 Å². The molecule has 1 fully saturated rings. The van der Waals surface area contributed by atoms with E-state index in [-0.39, 0.29) is 0 Å². The third-order valence-corrected chi connectivity index (χ3v) is 4.58. The lowest BCUT2D eigenvalue weighted by molar-refractivity contribution is 0.281. The van der Waals surface area contributed by atoms with Gasteiger partial charge in [-0.25, -0.2) is 0 Å². The molecule has 18 heavy (non-hydrogen) atoms. The first-order chi connectivity index (χ1) is 8.45. The molecule has 0 saturated heterocycles. The van der Waals surface area contributed by atoms with Gasteiger partial charge in [-0.05, 0) is 43.2 Å². The summed E-state index contributed by atoms with van der Waals surface area (Å²) in [5.41, 5.74) is 0.886. The highest BCUT2D eigenvalue weighted by Gasteiger charge is 2.24. The quantitative estimate of drug-likeness (QED) is 0.672. The molecule has 0 aliphatic heterocycles. The molecular weight excluding hydrogens is 289 g/mol. The second-order valence-electron chi connectivity index (χ2n) is 5.50. The molecule has 0 radical (unpaired) electrons. The first-order valence-electron chi connectivity index (χ1n) is 6.36. The van der Waals surface area contributed by atoms with Gasteiger partial charge in [0.25, 0.3) is 0 Å². The normalized spacial score (nSPS) is 28.2. The van der Waals surface area contributed by atoms with E-state index < -0.39 is 0 Å². The summed E-state index contributed by atoms with van der Waals surface area (Å²) >= 11 is 18.1. The molecule has 2 rings (SSSR count). The summed E-state index contributed by atoms with van der Waals surface area (Å²) in [5, 5.41) is 5.18. The molecule has 4 heteroatoms. The predicted molar refractivity (Wildman–Crippen MR) is 81.1 cm³/mol. The van der Waals surface area contributed by atoms with Crippen molar-refractivity contribution < 1.29 is 0 Å². The lowest BCUT2D eigenvalue weighted by Crippen LogP contribution is -2.30. The first-order valence-corrected chi connectivity index (χ1v) is 7.50. The van der Waals surface area contributed by atoms with Gasteiger partial charge in [-0.15, -0.1) is 0 Å². The fourth-order valence-electron chi connectivity index (χ4n) is 2.92. The number of hydrogen-bond donors (Lipinski definition) is 1. The number of anilines is 1. The third kappa shape index (κ3) is 3.46. The molecule has 0 spiro atoms. The fraction of sp³-hybridized carbons (Fsp3) is 0.571. The van der Waals surface area contributed by atoms with Gasteiger partial charge in [-0.1, -0.05) is 48.7 Å². The summed E-state index contributed by atoms with van der Waals surface area (Å²) in [6, 6.07) is 3.98. The molecule has 2 atom stereocenters. The van der Waals surface area contributed by atoms with Crippen LogP contribution in [0.5, 0.6) is 0 Å². The highest BCUT2D eigenvalue weighted by atomic mass is 35.5. The Hall–Kier alpha value is -0.110. The van der Waals surface area contributed by atoms with E-state index in [0.717, 1.165) is 17.5 Å². The van der Waals surface area contributed by atoms with Crippen LogP contribution in [0.15, 0.2) is 12.1 Å². The van der Waals surface area contributed by atoms with Gasteiger partial charge in [0.15, 0.2) is 0 Å². The van der Waals surface area contributed by atoms with Gasteiger partial charge < -0.3 is 5.32 Å². The number of benzene rings is 1. The van der Waals surface area contributed by atoms with Crippen LogP contribution in [-0.4, -0.2) is 6.04 Å². The summed E-state index contributed by atoms with van der Waals surface area (Å²) in [4.78, 5) is 0. The van der Waals surface area contributed by atoms with Gasteiger partial charge in [0, 0.05) is 6.04 Å². The summed E-state index contributed by atoms with van der Waals surface area (Å²) in [5.74, 6) is 1.51. The van der Waals surface area contributed by atoms with E-state index in [4.69, 9.17) is 34.8 Å². The Morgan fingerprint density at radius 2 is 1.44 bits per heavy atom. The summed E-state index contributed by atoms with van der Waals surface area (Å²) < 4.78 is 0. The molecule has 1 N–H and O–H groups in total. The maximum atomic E-state index is 6.19. The standard InChI is InChI=1S/C14H18Cl3N/c1-8-3-9(2)5-10(4-8)18-14-7-12(16)11(15)6-13(14)17/h6-10,18H,3-5H2,1-2H3. The van der Waals surface area contributed by atoms with E-state index in [2.05, 4.69) is 19.2 Å². The van der Waals surface area contributed by atoms with Gasteiger partial charge >= 0.3 is 0 Å². The van der Waals surface area contributed by atoms with Crippen LogP contribution in [0.3, 0.4) is 0 Å². The van der Waals surface area contributed by atoms with Crippen molar-refractivity contribution in [2.75, 3.05) is 5.32 Å². The van der Waals surface area contributed by atoms with Crippen LogP contribution >= 0.6 is 34.8 Å². The van der Waals surface area contributed by atoms with Gasteiger partial charge in [0.1, 0.15) is 0 Å². The van der Waals surface area contributed by atoms with Crippen molar-refractivity contribution in [3.05, 3.63) is 27.2 Å². The highest BCUT2D eigenvalue weighted by Crippen LogP contribution is 2.35. The minimum absolute atomic E-state index is 0.471. The van der Waals surface area contributed by atoms with E-state index in [0.29, 0.717) is 21.1 Å². The number of hydrogen-bond acceptors (Lipinski definition) is 1. The molecule has 1 aromatic carbocycles. The molecule has 1 saturated carbocycles. The smallest absolute Gasteiger partial charge is 0.0653 e. The van der Waals surface area contributed by atoms with Gasteiger partial charge in [0.05, 0.1) is 20.8 Å². The van der Waals surface area contributed by atoms with Crippen molar-refractivity contribution in [3.63, 3.8) is 0 Å². The van der Waals surface area contributed by atoms with Crippen LogP contribution in [0.1, 0.15) is 33.1 Å². The van der Waals surface area contributed by atoms with E-state index >= 15 is 0 Å². The Kier molecular flexibility index (Phi) is 4.69. The Morgan fingerprint density at radius 1 is 0.889 bits per heavy atom. The summed E-state index contributed by atoms with van der Waals surface area (Å²) in [6.07, 6.45) is 3.68. The zero-order valence-electron chi connectivity index (χ0n) is 10.6. The van der Waals surface area contributed by atoms with Crippen LogP contribution in [0.2, 0.25) is 15.1 Å². The molecule has 2 unspecified atom stereocenters. The van der Waals surface area contributed by atoms with Crippen LogP contribution in [-0.2, 0) is 0 Å². The monoisotopic (exact) mass is 305 g/mol. The molecule has 1 nitrogen and oxygen atoms in total. The lowest BCUT2D eigenvalue weighted by Gasteiger charge is -2.32. The summed E-state index contributed by atoms with van der Waals surface area (Å²) in [6.45, 7) is 4.61. The van der Waals surface area contributed by atoms with Crippen LogP contribution in [0.25, 0.3) is 0 Å². The van der Waals surface area contributed by atoms with Crippen molar-refractivity contribution in [2.24, 2.45) is 11.8 Å². The molecular formula is C14H18Cl3N. The molecule has 0 heterocycles. The molecule has 1 aromatic rings. The van der Waals surface area contributed by atoms with Crippen molar-refractivity contribution in [3.8, 4) is 0 Å². The zero-order valence-corrected chi connectivity index (χ0v) is 12.9. The first kappa shape index (κ1) is 14.3. The number of rotatable bonds is 2. The molecule has 1 aliphatic carbocycles. The average molecular weight is 307 g/mol. The Morgan fingerprint density at radius 3 is 2.06 bits per heavy atom. The molecule has 0 amide bonds. The second kappa shape index (κ2) is 5.90. The van der Waals surface area contributed by atoms with Crippen molar-refractivity contribution >= 4 is 40.5 Å². The van der Waals surface area contributed by atoms with E-state index in [1.165, 1.54) is 19.3 Å². The molecule has 1 aliphatic rings. The van der Waals surface area contributed by atoms with E-state index in [1.807, 2.05) is 6.07 Å². The van der Waals surface area contributed by atoms with Crippen LogP contribution < -0.4 is 5.32 Å². The zero-order chi connectivity index (χ0) is 13.3. The van der Waals surface area contributed by atoms with E-state index in [9.17, 15) is 0 Å². The fourth-order valence-corrected chi connectivity index (χ4v) is 3.52. The predicted octanol–water partition coefficient (Wildman–Crippen LogP) is 5.88. The Labute approximate surface area is 124 Å². The largest absolute Gasteiger partial charge is 0.381 e. The Balaban J connectivity index is 2.11. The SMILES string of the molecule is CC1CC(C)CC(Nc2cc(Cl)c(Cl)cc2Cl)C1. The number of nitrogens with one attached hydrogen (secondary N) is 1. The minimum Gasteiger partial charge on any atom is -0.381 e. The van der Waals surface area contributed by atoms with E-state index in [1.54, 1.807) is 6.07 Å². The minimum atomic E-state index is 0.471. The molecule has 100 valence electrons.